The molecule has 7 nitrogen and oxygen atoms in total. The number of aryl methyl sites for hydroxylation is 1. The smallest absolute Gasteiger partial charge is 0.335 e. The fourth-order valence-corrected chi connectivity index (χ4v) is 3.31. The average molecular weight is 416 g/mol. The molecular weight excluding hydrogens is 396 g/mol. The molecule has 0 saturated heterocycles. The van der Waals surface area contributed by atoms with Crippen molar-refractivity contribution in [2.45, 2.75) is 13.0 Å². The highest BCUT2D eigenvalue weighted by atomic mass is 16.5. The van der Waals surface area contributed by atoms with Crippen LogP contribution in [-0.2, 0) is 11.3 Å². The number of carboxylic acid groups (broad SMARTS) is 1. The fourth-order valence-electron chi connectivity index (χ4n) is 3.31. The highest BCUT2D eigenvalue weighted by Gasteiger charge is 2.15. The maximum atomic E-state index is 12.4. The Morgan fingerprint density at radius 1 is 0.935 bits per heavy atom. The first-order chi connectivity index (χ1) is 15.0. The standard InChI is InChI=1S/C24H20N2O5/c1-30-18-10-12-19(13-11-18)31-22(27)14-15-26-21-5-3-2-4-20(21)25-23(26)16-6-8-17(9-7-16)24(28)29/h2-13H,14-15H2,1H3,(H,28,29). The summed E-state index contributed by atoms with van der Waals surface area (Å²) < 4.78 is 12.5. The molecule has 1 N–H and O–H groups in total. The third-order valence-corrected chi connectivity index (χ3v) is 4.88. The molecule has 0 fully saturated rings. The van der Waals surface area contributed by atoms with Gasteiger partial charge in [-0.2, -0.15) is 0 Å². The molecule has 7 heteroatoms. The van der Waals surface area contributed by atoms with Gasteiger partial charge < -0.3 is 19.1 Å². The monoisotopic (exact) mass is 416 g/mol. The van der Waals surface area contributed by atoms with Crippen LogP contribution in [0.4, 0.5) is 0 Å². The summed E-state index contributed by atoms with van der Waals surface area (Å²) in [6, 6.07) is 21.0. The summed E-state index contributed by atoms with van der Waals surface area (Å²) in [5.74, 6) is 0.445. The Balaban J connectivity index is 1.56. The zero-order valence-corrected chi connectivity index (χ0v) is 16.8. The molecule has 0 saturated carbocycles. The van der Waals surface area contributed by atoms with E-state index in [1.54, 1.807) is 55.6 Å². The van der Waals surface area contributed by atoms with E-state index in [0.29, 0.717) is 23.9 Å². The Bertz CT molecular complexity index is 1230. The highest BCUT2D eigenvalue weighted by Crippen LogP contribution is 2.26. The first kappa shape index (κ1) is 20.2. The van der Waals surface area contributed by atoms with Gasteiger partial charge in [0, 0.05) is 12.1 Å². The molecule has 0 aliphatic rings. The van der Waals surface area contributed by atoms with Crippen LogP contribution < -0.4 is 9.47 Å². The van der Waals surface area contributed by atoms with E-state index in [1.165, 1.54) is 0 Å². The van der Waals surface area contributed by atoms with Gasteiger partial charge in [-0.1, -0.05) is 24.3 Å². The van der Waals surface area contributed by atoms with Crippen LogP contribution in [-0.4, -0.2) is 33.7 Å². The van der Waals surface area contributed by atoms with Crippen LogP contribution in [0.5, 0.6) is 11.5 Å². The SMILES string of the molecule is COc1ccc(OC(=O)CCn2c(-c3ccc(C(=O)O)cc3)nc3ccccc32)cc1. The molecule has 4 rings (SSSR count). The summed E-state index contributed by atoms with van der Waals surface area (Å²) in [5.41, 5.74) is 2.65. The van der Waals surface area contributed by atoms with Gasteiger partial charge in [-0.25, -0.2) is 9.78 Å². The van der Waals surface area contributed by atoms with Gasteiger partial charge in [0.05, 0.1) is 30.1 Å². The summed E-state index contributed by atoms with van der Waals surface area (Å²) >= 11 is 0. The Labute approximate surface area is 178 Å². The molecule has 3 aromatic carbocycles. The minimum Gasteiger partial charge on any atom is -0.497 e. The lowest BCUT2D eigenvalue weighted by Crippen LogP contribution is -2.12. The number of para-hydroxylation sites is 2. The van der Waals surface area contributed by atoms with Gasteiger partial charge in [0.1, 0.15) is 17.3 Å². The number of aromatic nitrogens is 2. The molecule has 0 unspecified atom stereocenters. The Morgan fingerprint density at radius 2 is 1.61 bits per heavy atom. The van der Waals surface area contributed by atoms with Crippen molar-refractivity contribution in [3.05, 3.63) is 78.4 Å². The second-order valence-corrected chi connectivity index (χ2v) is 6.86. The van der Waals surface area contributed by atoms with Crippen molar-refractivity contribution in [1.29, 1.82) is 0 Å². The predicted octanol–water partition coefficient (Wildman–Crippen LogP) is 4.41. The van der Waals surface area contributed by atoms with Gasteiger partial charge in [-0.15, -0.1) is 0 Å². The molecule has 0 aliphatic carbocycles. The van der Waals surface area contributed by atoms with Crippen LogP contribution >= 0.6 is 0 Å². The molecule has 0 radical (unpaired) electrons. The van der Waals surface area contributed by atoms with Gasteiger partial charge >= 0.3 is 11.9 Å². The zero-order valence-electron chi connectivity index (χ0n) is 16.8. The summed E-state index contributed by atoms with van der Waals surface area (Å²) in [6.45, 7) is 0.367. The van der Waals surface area contributed by atoms with Crippen molar-refractivity contribution in [3.63, 3.8) is 0 Å². The molecule has 0 amide bonds. The van der Waals surface area contributed by atoms with Gasteiger partial charge in [0.25, 0.3) is 0 Å². The van der Waals surface area contributed by atoms with Crippen molar-refractivity contribution >= 4 is 23.0 Å². The van der Waals surface area contributed by atoms with Crippen molar-refractivity contribution in [2.24, 2.45) is 0 Å². The van der Waals surface area contributed by atoms with Crippen LogP contribution in [0.3, 0.4) is 0 Å². The molecular formula is C24H20N2O5. The van der Waals surface area contributed by atoms with Gasteiger partial charge in [-0.3, -0.25) is 4.79 Å². The van der Waals surface area contributed by atoms with Crippen molar-refractivity contribution in [1.82, 2.24) is 9.55 Å². The maximum Gasteiger partial charge on any atom is 0.335 e. The number of rotatable bonds is 7. The van der Waals surface area contributed by atoms with Crippen LogP contribution in [0.25, 0.3) is 22.4 Å². The zero-order chi connectivity index (χ0) is 21.8. The largest absolute Gasteiger partial charge is 0.497 e. The van der Waals surface area contributed by atoms with E-state index in [2.05, 4.69) is 4.98 Å². The lowest BCUT2D eigenvalue weighted by Gasteiger charge is -2.10. The Hall–Kier alpha value is -4.13. The molecule has 4 aromatic rings. The Morgan fingerprint density at radius 3 is 2.29 bits per heavy atom. The fraction of sp³-hybridized carbons (Fsp3) is 0.125. The molecule has 31 heavy (non-hydrogen) atoms. The molecule has 156 valence electrons. The van der Waals surface area contributed by atoms with Crippen LogP contribution in [0, 0.1) is 0 Å². The lowest BCUT2D eigenvalue weighted by molar-refractivity contribution is -0.134. The van der Waals surface area contributed by atoms with E-state index < -0.39 is 5.97 Å². The number of imidazole rings is 1. The molecule has 0 atom stereocenters. The predicted molar refractivity (Wildman–Crippen MR) is 115 cm³/mol. The number of ether oxygens (including phenoxy) is 2. The second-order valence-electron chi connectivity index (χ2n) is 6.86. The number of nitrogens with zero attached hydrogens (tertiary/aromatic N) is 2. The topological polar surface area (TPSA) is 90.7 Å². The van der Waals surface area contributed by atoms with E-state index in [4.69, 9.17) is 14.6 Å². The number of carbonyl (C=O) groups excluding carboxylic acids is 1. The lowest BCUT2D eigenvalue weighted by atomic mass is 10.1. The maximum absolute atomic E-state index is 12.4. The van der Waals surface area contributed by atoms with Crippen molar-refractivity contribution in [2.75, 3.05) is 7.11 Å². The number of benzene rings is 3. The molecule has 1 heterocycles. The minimum atomic E-state index is -0.985. The third kappa shape index (κ3) is 4.40. The highest BCUT2D eigenvalue weighted by molar-refractivity contribution is 5.88. The number of fused-ring (bicyclic) bond motifs is 1. The minimum absolute atomic E-state index is 0.145. The quantitative estimate of drug-likeness (QED) is 0.355. The van der Waals surface area contributed by atoms with Crippen LogP contribution in [0.1, 0.15) is 16.8 Å². The molecule has 0 bridgehead atoms. The summed E-state index contributed by atoms with van der Waals surface area (Å²) in [4.78, 5) is 28.2. The van der Waals surface area contributed by atoms with Gasteiger partial charge in [-0.05, 0) is 48.5 Å². The molecule has 0 spiro atoms. The van der Waals surface area contributed by atoms with Crippen molar-refractivity contribution < 1.29 is 24.2 Å². The van der Waals surface area contributed by atoms with E-state index in [1.807, 2.05) is 28.8 Å². The van der Waals surface area contributed by atoms with E-state index >= 15 is 0 Å². The summed E-state index contributed by atoms with van der Waals surface area (Å²) in [6.07, 6.45) is 0.145. The second kappa shape index (κ2) is 8.71. The summed E-state index contributed by atoms with van der Waals surface area (Å²) in [5, 5.41) is 9.13. The number of hydrogen-bond donors (Lipinski definition) is 1. The van der Waals surface area contributed by atoms with Gasteiger partial charge in [0.15, 0.2) is 0 Å². The number of esters is 1. The number of methoxy groups -OCH3 is 1. The number of carbonyl (C=O) groups is 2. The summed E-state index contributed by atoms with van der Waals surface area (Å²) in [7, 11) is 1.57. The van der Waals surface area contributed by atoms with Crippen LogP contribution in [0.2, 0.25) is 0 Å². The first-order valence-corrected chi connectivity index (χ1v) is 9.69. The first-order valence-electron chi connectivity index (χ1n) is 9.69. The van der Waals surface area contributed by atoms with E-state index in [-0.39, 0.29) is 18.0 Å². The number of aromatic carboxylic acids is 1. The van der Waals surface area contributed by atoms with E-state index in [0.717, 1.165) is 16.6 Å². The van der Waals surface area contributed by atoms with E-state index in [9.17, 15) is 9.59 Å². The van der Waals surface area contributed by atoms with Crippen molar-refractivity contribution in [3.8, 4) is 22.9 Å². The molecule has 0 aliphatic heterocycles. The Kier molecular flexibility index (Phi) is 5.66. The third-order valence-electron chi connectivity index (χ3n) is 4.88. The van der Waals surface area contributed by atoms with Gasteiger partial charge in [0.2, 0.25) is 0 Å². The van der Waals surface area contributed by atoms with Crippen LogP contribution in [0.15, 0.2) is 72.8 Å². The average Bonchev–Trinajstić information content (AvgIpc) is 3.17. The number of carboxylic acids is 1. The molecule has 1 aromatic heterocycles. The number of hydrogen-bond acceptors (Lipinski definition) is 5. The normalized spacial score (nSPS) is 10.7.